The van der Waals surface area contributed by atoms with Gasteiger partial charge in [0.2, 0.25) is 0 Å². The lowest BCUT2D eigenvalue weighted by Crippen LogP contribution is -2.44. The monoisotopic (exact) mass is 366 g/mol. The number of piperidine rings is 1. The standard InChI is InChI=1S/C17H22N2O5S/c1-11-6-12(2)9-18(8-11)16(20)10-24-17(21)13-4-5-15(25-3)14(7-13)19(22)23/h4-5,7,11-12H,6,8-10H2,1-3H3/t11-,12-/m1/s1. The summed E-state index contributed by atoms with van der Waals surface area (Å²) in [6.45, 7) is 5.16. The third kappa shape index (κ3) is 4.94. The van der Waals surface area contributed by atoms with Gasteiger partial charge in [0.05, 0.1) is 15.4 Å². The summed E-state index contributed by atoms with van der Waals surface area (Å²) in [6.07, 6.45) is 2.80. The second-order valence-electron chi connectivity index (χ2n) is 6.46. The summed E-state index contributed by atoms with van der Waals surface area (Å²) >= 11 is 1.23. The van der Waals surface area contributed by atoms with Crippen LogP contribution < -0.4 is 0 Å². The van der Waals surface area contributed by atoms with Crippen LogP contribution in [0.1, 0.15) is 30.6 Å². The van der Waals surface area contributed by atoms with E-state index in [0.29, 0.717) is 29.8 Å². The summed E-state index contributed by atoms with van der Waals surface area (Å²) in [4.78, 5) is 37.1. The van der Waals surface area contributed by atoms with Crippen LogP contribution in [-0.4, -0.2) is 47.7 Å². The van der Waals surface area contributed by atoms with Crippen LogP contribution in [0.25, 0.3) is 0 Å². The number of esters is 1. The molecule has 2 rings (SSSR count). The number of likely N-dealkylation sites (tertiary alicyclic amines) is 1. The lowest BCUT2D eigenvalue weighted by atomic mass is 9.92. The van der Waals surface area contributed by atoms with Crippen molar-refractivity contribution in [2.45, 2.75) is 25.2 Å². The molecule has 1 aliphatic heterocycles. The van der Waals surface area contributed by atoms with Crippen LogP contribution in [0.4, 0.5) is 5.69 Å². The van der Waals surface area contributed by atoms with Crippen LogP contribution in [0.3, 0.4) is 0 Å². The van der Waals surface area contributed by atoms with Gasteiger partial charge in [0.25, 0.3) is 11.6 Å². The van der Waals surface area contributed by atoms with Gasteiger partial charge in [0.15, 0.2) is 6.61 Å². The van der Waals surface area contributed by atoms with Crippen molar-refractivity contribution in [1.82, 2.24) is 4.90 Å². The predicted molar refractivity (Wildman–Crippen MR) is 94.7 cm³/mol. The molecule has 0 saturated carbocycles. The molecule has 0 N–H and O–H groups in total. The zero-order valence-corrected chi connectivity index (χ0v) is 15.4. The number of nitro groups is 1. The number of nitro benzene ring substituents is 1. The Morgan fingerprint density at radius 2 is 1.96 bits per heavy atom. The number of nitrogens with zero attached hydrogens (tertiary/aromatic N) is 2. The van der Waals surface area contributed by atoms with E-state index in [2.05, 4.69) is 13.8 Å². The number of hydrogen-bond donors (Lipinski definition) is 0. The molecule has 0 aromatic heterocycles. The van der Waals surface area contributed by atoms with Gasteiger partial charge in [-0.2, -0.15) is 0 Å². The molecule has 1 heterocycles. The maximum absolute atomic E-state index is 12.2. The summed E-state index contributed by atoms with van der Waals surface area (Å²) < 4.78 is 5.06. The minimum absolute atomic E-state index is 0.0673. The molecule has 0 unspecified atom stereocenters. The quantitative estimate of drug-likeness (QED) is 0.344. The molecule has 0 radical (unpaired) electrons. The van der Waals surface area contributed by atoms with Crippen molar-refractivity contribution in [3.05, 3.63) is 33.9 Å². The number of carbonyl (C=O) groups excluding carboxylic acids is 2. The molecule has 1 aromatic carbocycles. The number of thioether (sulfide) groups is 1. The Hall–Kier alpha value is -2.09. The highest BCUT2D eigenvalue weighted by Gasteiger charge is 2.26. The van der Waals surface area contributed by atoms with Gasteiger partial charge in [-0.15, -0.1) is 11.8 Å². The molecular formula is C17H22N2O5S. The third-order valence-corrected chi connectivity index (χ3v) is 4.94. The number of hydrogen-bond acceptors (Lipinski definition) is 6. The molecule has 2 atom stereocenters. The van der Waals surface area contributed by atoms with E-state index in [0.717, 1.165) is 6.42 Å². The van der Waals surface area contributed by atoms with E-state index in [1.807, 2.05) is 0 Å². The summed E-state index contributed by atoms with van der Waals surface area (Å²) in [7, 11) is 0. The highest BCUT2D eigenvalue weighted by Crippen LogP contribution is 2.28. The van der Waals surface area contributed by atoms with Crippen molar-refractivity contribution in [2.24, 2.45) is 11.8 Å². The highest BCUT2D eigenvalue weighted by molar-refractivity contribution is 7.98. The molecule has 0 aliphatic carbocycles. The van der Waals surface area contributed by atoms with Gasteiger partial charge in [-0.05, 0) is 36.6 Å². The number of rotatable bonds is 5. The second kappa shape index (κ2) is 8.33. The van der Waals surface area contributed by atoms with Gasteiger partial charge in [0.1, 0.15) is 0 Å². The van der Waals surface area contributed by atoms with Gasteiger partial charge >= 0.3 is 5.97 Å². The Morgan fingerprint density at radius 3 is 2.52 bits per heavy atom. The number of amides is 1. The van der Waals surface area contributed by atoms with Crippen LogP contribution in [0.15, 0.2) is 23.1 Å². The molecular weight excluding hydrogens is 344 g/mol. The lowest BCUT2D eigenvalue weighted by molar-refractivity contribution is -0.387. The van der Waals surface area contributed by atoms with E-state index in [4.69, 9.17) is 4.74 Å². The smallest absolute Gasteiger partial charge is 0.338 e. The average Bonchev–Trinajstić information content (AvgIpc) is 2.57. The van der Waals surface area contributed by atoms with Crippen molar-refractivity contribution >= 4 is 29.3 Å². The minimum Gasteiger partial charge on any atom is -0.452 e. The van der Waals surface area contributed by atoms with Crippen LogP contribution in [0, 0.1) is 22.0 Å². The van der Waals surface area contributed by atoms with Gasteiger partial charge in [-0.3, -0.25) is 14.9 Å². The van der Waals surface area contributed by atoms with Crippen molar-refractivity contribution in [2.75, 3.05) is 26.0 Å². The molecule has 1 aliphatic rings. The van der Waals surface area contributed by atoms with Crippen LogP contribution in [-0.2, 0) is 9.53 Å². The normalized spacial score (nSPS) is 20.2. The van der Waals surface area contributed by atoms with E-state index in [1.54, 1.807) is 11.2 Å². The van der Waals surface area contributed by atoms with Crippen molar-refractivity contribution in [1.29, 1.82) is 0 Å². The van der Waals surface area contributed by atoms with E-state index in [-0.39, 0.29) is 23.8 Å². The number of carbonyl (C=O) groups is 2. The molecule has 0 bridgehead atoms. The summed E-state index contributed by atoms with van der Waals surface area (Å²) in [5, 5.41) is 11.1. The Bertz CT molecular complexity index is 669. The molecule has 1 amide bonds. The van der Waals surface area contributed by atoms with Crippen molar-refractivity contribution in [3.63, 3.8) is 0 Å². The Labute approximate surface area is 150 Å². The zero-order chi connectivity index (χ0) is 18.6. The molecule has 7 nitrogen and oxygen atoms in total. The van der Waals surface area contributed by atoms with E-state index in [1.165, 1.54) is 30.0 Å². The molecule has 0 spiro atoms. The summed E-state index contributed by atoms with van der Waals surface area (Å²) in [5.74, 6) is -0.125. The predicted octanol–water partition coefficient (Wildman–Crippen LogP) is 2.98. The van der Waals surface area contributed by atoms with Crippen LogP contribution in [0.2, 0.25) is 0 Å². The molecule has 1 saturated heterocycles. The lowest BCUT2D eigenvalue weighted by Gasteiger charge is -2.34. The summed E-state index contributed by atoms with van der Waals surface area (Å²) in [6, 6.07) is 4.16. The van der Waals surface area contributed by atoms with Gasteiger partial charge in [-0.1, -0.05) is 13.8 Å². The van der Waals surface area contributed by atoms with Gasteiger partial charge in [0, 0.05) is 19.2 Å². The Morgan fingerprint density at radius 1 is 1.32 bits per heavy atom. The third-order valence-electron chi connectivity index (χ3n) is 4.16. The fourth-order valence-corrected chi connectivity index (χ4v) is 3.67. The summed E-state index contributed by atoms with van der Waals surface area (Å²) in [5.41, 5.74) is -0.0790. The Balaban J connectivity index is 1.99. The first-order chi connectivity index (χ1) is 11.8. The van der Waals surface area contributed by atoms with Crippen molar-refractivity contribution in [3.8, 4) is 0 Å². The zero-order valence-electron chi connectivity index (χ0n) is 14.6. The van der Waals surface area contributed by atoms with Crippen molar-refractivity contribution < 1.29 is 19.2 Å². The molecule has 1 aromatic rings. The van der Waals surface area contributed by atoms with E-state index < -0.39 is 10.9 Å². The molecule has 8 heteroatoms. The fraction of sp³-hybridized carbons (Fsp3) is 0.529. The number of benzene rings is 1. The topological polar surface area (TPSA) is 89.8 Å². The van der Waals surface area contributed by atoms with Gasteiger partial charge in [-0.25, -0.2) is 4.79 Å². The number of ether oxygens (including phenoxy) is 1. The molecule has 1 fully saturated rings. The van der Waals surface area contributed by atoms with E-state index in [9.17, 15) is 19.7 Å². The highest BCUT2D eigenvalue weighted by atomic mass is 32.2. The maximum atomic E-state index is 12.2. The first-order valence-corrected chi connectivity index (χ1v) is 9.31. The average molecular weight is 366 g/mol. The SMILES string of the molecule is CSc1ccc(C(=O)OCC(=O)N2C[C@H](C)C[C@@H](C)C2)cc1[N+](=O)[O-]. The maximum Gasteiger partial charge on any atom is 0.338 e. The molecule has 25 heavy (non-hydrogen) atoms. The first-order valence-electron chi connectivity index (χ1n) is 8.09. The second-order valence-corrected chi connectivity index (χ2v) is 7.31. The minimum atomic E-state index is -0.734. The first kappa shape index (κ1) is 19.2. The van der Waals surface area contributed by atoms with E-state index >= 15 is 0 Å². The van der Waals surface area contributed by atoms with Crippen LogP contribution in [0.5, 0.6) is 0 Å². The van der Waals surface area contributed by atoms with Crippen LogP contribution >= 0.6 is 11.8 Å². The van der Waals surface area contributed by atoms with Gasteiger partial charge < -0.3 is 9.64 Å². The molecule has 136 valence electrons. The Kier molecular flexibility index (Phi) is 6.41. The largest absolute Gasteiger partial charge is 0.452 e. The fourth-order valence-electron chi connectivity index (χ4n) is 3.13.